The molecule has 0 aliphatic carbocycles. The number of likely N-dealkylation sites (tertiary alicyclic amines) is 1. The summed E-state index contributed by atoms with van der Waals surface area (Å²) in [4.78, 5) is 15.1. The number of thiophene rings is 1. The molecule has 0 amide bonds. The molecule has 1 aliphatic rings. The summed E-state index contributed by atoms with van der Waals surface area (Å²) in [5.74, 6) is -0.856. The van der Waals surface area contributed by atoms with Crippen molar-refractivity contribution in [3.8, 4) is 0 Å². The number of carboxylic acid groups (broad SMARTS) is 1. The number of aliphatic carboxylic acids is 1. The first-order chi connectivity index (χ1) is 12.6. The Morgan fingerprint density at radius 1 is 1.12 bits per heavy atom. The number of hydrogen-bond acceptors (Lipinski definition) is 3. The van der Waals surface area contributed by atoms with Crippen LogP contribution in [0.1, 0.15) is 34.9 Å². The van der Waals surface area contributed by atoms with Gasteiger partial charge < -0.3 is 5.11 Å². The number of benzene rings is 2. The molecular weight excluding hydrogens is 342 g/mol. The van der Waals surface area contributed by atoms with E-state index in [1.165, 1.54) is 26.1 Å². The minimum atomic E-state index is -0.654. The quantitative estimate of drug-likeness (QED) is 0.699. The number of aryl methyl sites for hydroxylation is 1. The Kier molecular flexibility index (Phi) is 4.79. The van der Waals surface area contributed by atoms with Crippen molar-refractivity contribution in [1.29, 1.82) is 0 Å². The van der Waals surface area contributed by atoms with Crippen LogP contribution in [0.15, 0.2) is 54.6 Å². The Hall–Kier alpha value is -2.17. The highest BCUT2D eigenvalue weighted by Gasteiger charge is 2.31. The van der Waals surface area contributed by atoms with Crippen LogP contribution < -0.4 is 0 Å². The predicted molar refractivity (Wildman–Crippen MR) is 107 cm³/mol. The van der Waals surface area contributed by atoms with E-state index in [0.717, 1.165) is 25.9 Å². The molecule has 0 spiro atoms. The van der Waals surface area contributed by atoms with Gasteiger partial charge >= 0.3 is 5.97 Å². The van der Waals surface area contributed by atoms with Gasteiger partial charge in [0.15, 0.2) is 0 Å². The number of carboxylic acids is 1. The Balaban J connectivity index is 1.73. The van der Waals surface area contributed by atoms with Gasteiger partial charge in [-0.15, -0.1) is 11.3 Å². The van der Waals surface area contributed by atoms with Crippen molar-refractivity contribution in [3.05, 3.63) is 70.6 Å². The third-order valence-corrected chi connectivity index (χ3v) is 6.61. The predicted octanol–water partition coefficient (Wildman–Crippen LogP) is 5.10. The Morgan fingerprint density at radius 3 is 2.50 bits per heavy atom. The summed E-state index contributed by atoms with van der Waals surface area (Å²) in [6.45, 7) is 3.81. The molecule has 1 fully saturated rings. The first-order valence-corrected chi connectivity index (χ1v) is 9.96. The lowest BCUT2D eigenvalue weighted by molar-refractivity contribution is -0.143. The third kappa shape index (κ3) is 3.27. The topological polar surface area (TPSA) is 40.5 Å². The molecule has 134 valence electrons. The van der Waals surface area contributed by atoms with Crippen LogP contribution >= 0.6 is 11.3 Å². The van der Waals surface area contributed by atoms with Crippen LogP contribution in [-0.2, 0) is 4.79 Å². The van der Waals surface area contributed by atoms with Gasteiger partial charge in [0.25, 0.3) is 0 Å². The maximum Gasteiger partial charge on any atom is 0.306 e. The molecule has 1 atom stereocenters. The minimum Gasteiger partial charge on any atom is -0.481 e. The lowest BCUT2D eigenvalue weighted by Gasteiger charge is -2.37. The van der Waals surface area contributed by atoms with Gasteiger partial charge in [0.1, 0.15) is 0 Å². The van der Waals surface area contributed by atoms with E-state index in [1.54, 1.807) is 0 Å². The number of fused-ring (bicyclic) bond motifs is 1. The third-order valence-electron chi connectivity index (χ3n) is 5.44. The van der Waals surface area contributed by atoms with E-state index in [9.17, 15) is 9.90 Å². The highest BCUT2D eigenvalue weighted by atomic mass is 32.1. The SMILES string of the molecule is Cc1ccccc1C(c1cc2ccccc2s1)N1CCC(C(=O)O)CC1. The fourth-order valence-corrected chi connectivity index (χ4v) is 5.18. The van der Waals surface area contributed by atoms with Crippen LogP contribution in [-0.4, -0.2) is 29.1 Å². The molecule has 0 bridgehead atoms. The molecule has 4 heteroatoms. The Bertz CT molecular complexity index is 892. The summed E-state index contributed by atoms with van der Waals surface area (Å²) in [6, 6.07) is 19.6. The molecule has 3 aromatic rings. The van der Waals surface area contributed by atoms with E-state index < -0.39 is 5.97 Å². The highest BCUT2D eigenvalue weighted by molar-refractivity contribution is 7.19. The van der Waals surface area contributed by atoms with Crippen molar-refractivity contribution in [3.63, 3.8) is 0 Å². The number of carbonyl (C=O) groups is 1. The summed E-state index contributed by atoms with van der Waals surface area (Å²) in [6.07, 6.45) is 1.45. The van der Waals surface area contributed by atoms with E-state index in [2.05, 4.69) is 66.4 Å². The normalized spacial score (nSPS) is 17.4. The zero-order valence-electron chi connectivity index (χ0n) is 14.9. The average Bonchev–Trinajstić information content (AvgIpc) is 3.07. The van der Waals surface area contributed by atoms with Crippen molar-refractivity contribution < 1.29 is 9.90 Å². The molecule has 1 aromatic heterocycles. The van der Waals surface area contributed by atoms with Gasteiger partial charge in [-0.25, -0.2) is 0 Å². The molecule has 1 unspecified atom stereocenters. The van der Waals surface area contributed by atoms with Crippen molar-refractivity contribution in [2.24, 2.45) is 5.92 Å². The van der Waals surface area contributed by atoms with E-state index >= 15 is 0 Å². The molecule has 26 heavy (non-hydrogen) atoms. The van der Waals surface area contributed by atoms with E-state index in [0.29, 0.717) is 0 Å². The van der Waals surface area contributed by atoms with Crippen LogP contribution in [0.5, 0.6) is 0 Å². The lowest BCUT2D eigenvalue weighted by atomic mass is 9.92. The van der Waals surface area contributed by atoms with Gasteiger partial charge in [0.2, 0.25) is 0 Å². The minimum absolute atomic E-state index is 0.198. The second-order valence-corrected chi connectivity index (χ2v) is 8.21. The van der Waals surface area contributed by atoms with Gasteiger partial charge in [0.05, 0.1) is 12.0 Å². The monoisotopic (exact) mass is 365 g/mol. The standard InChI is InChI=1S/C22H23NO2S/c1-15-6-2-4-8-18(15)21(23-12-10-16(11-13-23)22(24)25)20-14-17-7-3-5-9-19(17)26-20/h2-9,14,16,21H,10-13H2,1H3,(H,24,25). The first-order valence-electron chi connectivity index (χ1n) is 9.14. The molecule has 2 heterocycles. The van der Waals surface area contributed by atoms with Gasteiger partial charge in [-0.2, -0.15) is 0 Å². The number of piperidine rings is 1. The van der Waals surface area contributed by atoms with Crippen LogP contribution in [0.4, 0.5) is 0 Å². The van der Waals surface area contributed by atoms with Crippen molar-refractivity contribution >= 4 is 27.4 Å². The fourth-order valence-electron chi connectivity index (χ4n) is 3.97. The molecule has 3 nitrogen and oxygen atoms in total. The molecule has 1 saturated heterocycles. The van der Waals surface area contributed by atoms with Gasteiger partial charge in [0, 0.05) is 9.58 Å². The molecule has 0 saturated carbocycles. The van der Waals surface area contributed by atoms with Gasteiger partial charge in [-0.05, 0) is 61.5 Å². The van der Waals surface area contributed by atoms with Crippen LogP contribution in [0, 0.1) is 12.8 Å². The summed E-state index contributed by atoms with van der Waals surface area (Å²) >= 11 is 1.85. The smallest absolute Gasteiger partial charge is 0.306 e. The average molecular weight is 365 g/mol. The molecule has 1 N–H and O–H groups in total. The zero-order chi connectivity index (χ0) is 18.1. The van der Waals surface area contributed by atoms with Crippen LogP contribution in [0.25, 0.3) is 10.1 Å². The molecule has 4 rings (SSSR count). The maximum atomic E-state index is 11.3. The first kappa shape index (κ1) is 17.3. The number of hydrogen-bond donors (Lipinski definition) is 1. The van der Waals surface area contributed by atoms with E-state index in [-0.39, 0.29) is 12.0 Å². The zero-order valence-corrected chi connectivity index (χ0v) is 15.7. The van der Waals surface area contributed by atoms with Gasteiger partial charge in [-0.3, -0.25) is 9.69 Å². The van der Waals surface area contributed by atoms with Crippen LogP contribution in [0.2, 0.25) is 0 Å². The summed E-state index contributed by atoms with van der Waals surface area (Å²) in [5.41, 5.74) is 2.61. The van der Waals surface area contributed by atoms with Gasteiger partial charge in [-0.1, -0.05) is 42.5 Å². The van der Waals surface area contributed by atoms with E-state index in [1.807, 2.05) is 11.3 Å². The molecular formula is C22H23NO2S. The van der Waals surface area contributed by atoms with E-state index in [4.69, 9.17) is 0 Å². The molecule has 0 radical (unpaired) electrons. The Labute approximate surface area is 157 Å². The number of rotatable bonds is 4. The highest BCUT2D eigenvalue weighted by Crippen LogP contribution is 2.39. The lowest BCUT2D eigenvalue weighted by Crippen LogP contribution is -2.39. The summed E-state index contributed by atoms with van der Waals surface area (Å²) in [5, 5.41) is 10.6. The summed E-state index contributed by atoms with van der Waals surface area (Å²) < 4.78 is 1.31. The van der Waals surface area contributed by atoms with Crippen molar-refractivity contribution in [2.45, 2.75) is 25.8 Å². The van der Waals surface area contributed by atoms with Crippen molar-refractivity contribution in [2.75, 3.05) is 13.1 Å². The second-order valence-electron chi connectivity index (χ2n) is 7.09. The van der Waals surface area contributed by atoms with Crippen LogP contribution in [0.3, 0.4) is 0 Å². The fraction of sp³-hybridized carbons (Fsp3) is 0.318. The Morgan fingerprint density at radius 2 is 1.81 bits per heavy atom. The van der Waals surface area contributed by atoms with Crippen molar-refractivity contribution in [1.82, 2.24) is 4.90 Å². The second kappa shape index (κ2) is 7.22. The molecule has 1 aliphatic heterocycles. The number of nitrogens with zero attached hydrogens (tertiary/aromatic N) is 1. The largest absolute Gasteiger partial charge is 0.481 e. The molecule has 2 aromatic carbocycles. The maximum absolute atomic E-state index is 11.3. The summed E-state index contributed by atoms with van der Waals surface area (Å²) in [7, 11) is 0.